The molecule has 122 valence electrons. The number of ether oxygens (including phenoxy) is 1. The van der Waals surface area contributed by atoms with E-state index in [1.165, 1.54) is 51.0 Å². The van der Waals surface area contributed by atoms with E-state index in [1.54, 1.807) is 18.2 Å². The van der Waals surface area contributed by atoms with Crippen LogP contribution in [0.2, 0.25) is 0 Å². The van der Waals surface area contributed by atoms with Gasteiger partial charge in [0.2, 0.25) is 0 Å². The Labute approximate surface area is 133 Å². The third kappa shape index (κ3) is 6.08. The molecule has 0 saturated heterocycles. The van der Waals surface area contributed by atoms with Gasteiger partial charge < -0.3 is 9.84 Å². The summed E-state index contributed by atoms with van der Waals surface area (Å²) in [6.07, 6.45) is 13.3. The maximum atomic E-state index is 12.2. The number of phenols is 1. The quantitative estimate of drug-likeness (QED) is 0.762. The minimum absolute atomic E-state index is 0.0225. The van der Waals surface area contributed by atoms with E-state index < -0.39 is 0 Å². The molecule has 0 aromatic heterocycles. The van der Waals surface area contributed by atoms with Gasteiger partial charge in [0.1, 0.15) is 11.9 Å². The molecule has 0 heterocycles. The Hall–Kier alpha value is -1.51. The smallest absolute Gasteiger partial charge is 0.338 e. The van der Waals surface area contributed by atoms with E-state index in [2.05, 4.69) is 0 Å². The average Bonchev–Trinajstić information content (AvgIpc) is 2.50. The Morgan fingerprint density at radius 2 is 1.45 bits per heavy atom. The van der Waals surface area contributed by atoms with Crippen LogP contribution in [0.3, 0.4) is 0 Å². The molecule has 1 aromatic rings. The molecule has 1 saturated carbocycles. The molecule has 1 aromatic carbocycles. The van der Waals surface area contributed by atoms with Gasteiger partial charge in [-0.15, -0.1) is 0 Å². The highest BCUT2D eigenvalue weighted by molar-refractivity contribution is 5.89. The molecule has 3 nitrogen and oxygen atoms in total. The first-order chi connectivity index (χ1) is 10.8. The molecule has 0 amide bonds. The molecule has 0 radical (unpaired) electrons. The lowest BCUT2D eigenvalue weighted by Gasteiger charge is -2.19. The lowest BCUT2D eigenvalue weighted by molar-refractivity contribution is 0.0248. The van der Waals surface area contributed by atoms with E-state index in [9.17, 15) is 9.90 Å². The first kappa shape index (κ1) is 16.9. The normalized spacial score (nSPS) is 18.9. The molecule has 0 spiro atoms. The second-order valence-electron chi connectivity index (χ2n) is 6.34. The van der Waals surface area contributed by atoms with E-state index >= 15 is 0 Å². The molecule has 0 unspecified atom stereocenters. The Bertz CT molecular complexity index is 444. The van der Waals surface area contributed by atoms with Gasteiger partial charge in [0, 0.05) is 0 Å². The molecule has 0 bridgehead atoms. The summed E-state index contributed by atoms with van der Waals surface area (Å²) >= 11 is 0. The predicted octanol–water partition coefficient (Wildman–Crippen LogP) is 5.22. The van der Waals surface area contributed by atoms with Gasteiger partial charge in [-0.1, -0.05) is 51.0 Å². The van der Waals surface area contributed by atoms with Crippen molar-refractivity contribution in [3.63, 3.8) is 0 Å². The minimum atomic E-state index is -0.312. The number of esters is 1. The number of benzene rings is 1. The Morgan fingerprint density at radius 3 is 2.00 bits per heavy atom. The Balaban J connectivity index is 1.87. The Kier molecular flexibility index (Phi) is 7.27. The summed E-state index contributed by atoms with van der Waals surface area (Å²) in [6, 6.07) is 6.40. The second kappa shape index (κ2) is 9.50. The van der Waals surface area contributed by atoms with Crippen molar-refractivity contribution < 1.29 is 14.6 Å². The minimum Gasteiger partial charge on any atom is -0.508 e. The first-order valence-electron chi connectivity index (χ1n) is 8.76. The van der Waals surface area contributed by atoms with E-state index in [4.69, 9.17) is 4.74 Å². The van der Waals surface area contributed by atoms with Crippen LogP contribution in [-0.4, -0.2) is 17.2 Å². The number of carbonyl (C=O) groups excluding carboxylic acids is 1. The summed E-state index contributed by atoms with van der Waals surface area (Å²) in [5, 5.41) is 9.47. The SMILES string of the molecule is O=C(OC1CCCCCCCCCCC1)c1cccc(O)c1. The standard InChI is InChI=1S/C19H28O3/c20-17-12-10-11-16(15-17)19(21)22-18-13-8-6-4-2-1-3-5-7-9-14-18/h10-12,15,18,20H,1-9,13-14H2. The van der Waals surface area contributed by atoms with Crippen molar-refractivity contribution in [3.8, 4) is 5.75 Å². The fourth-order valence-corrected chi connectivity index (χ4v) is 3.10. The lowest BCUT2D eigenvalue weighted by Crippen LogP contribution is -2.18. The zero-order valence-electron chi connectivity index (χ0n) is 13.4. The van der Waals surface area contributed by atoms with Crippen LogP contribution < -0.4 is 0 Å². The molecule has 1 fully saturated rings. The van der Waals surface area contributed by atoms with E-state index in [0.29, 0.717) is 5.56 Å². The molecular formula is C19H28O3. The van der Waals surface area contributed by atoms with Gasteiger partial charge >= 0.3 is 5.97 Å². The topological polar surface area (TPSA) is 46.5 Å². The molecule has 0 atom stereocenters. The van der Waals surface area contributed by atoms with Crippen LogP contribution in [0, 0.1) is 0 Å². The molecule has 22 heavy (non-hydrogen) atoms. The van der Waals surface area contributed by atoms with Crippen LogP contribution >= 0.6 is 0 Å². The molecule has 2 rings (SSSR count). The van der Waals surface area contributed by atoms with Gasteiger partial charge in [-0.2, -0.15) is 0 Å². The largest absolute Gasteiger partial charge is 0.508 e. The third-order valence-electron chi connectivity index (χ3n) is 4.41. The van der Waals surface area contributed by atoms with Crippen molar-refractivity contribution in [1.29, 1.82) is 0 Å². The molecule has 3 heteroatoms. The summed E-state index contributed by atoms with van der Waals surface area (Å²) in [6.45, 7) is 0. The predicted molar refractivity (Wildman–Crippen MR) is 88.1 cm³/mol. The lowest BCUT2D eigenvalue weighted by atomic mass is 9.99. The van der Waals surface area contributed by atoms with Gasteiger partial charge in [0.25, 0.3) is 0 Å². The van der Waals surface area contributed by atoms with E-state index in [0.717, 1.165) is 25.7 Å². The molecule has 0 aliphatic heterocycles. The van der Waals surface area contributed by atoms with Crippen LogP contribution in [0.15, 0.2) is 24.3 Å². The van der Waals surface area contributed by atoms with Crippen molar-refractivity contribution in [2.24, 2.45) is 0 Å². The fraction of sp³-hybridized carbons (Fsp3) is 0.632. The maximum absolute atomic E-state index is 12.2. The molecular weight excluding hydrogens is 276 g/mol. The zero-order chi connectivity index (χ0) is 15.6. The van der Waals surface area contributed by atoms with Crippen LogP contribution in [0.1, 0.15) is 81.0 Å². The van der Waals surface area contributed by atoms with E-state index in [-0.39, 0.29) is 17.8 Å². The number of hydrogen-bond donors (Lipinski definition) is 1. The molecule has 1 aliphatic rings. The molecule has 1 aliphatic carbocycles. The Morgan fingerprint density at radius 1 is 0.909 bits per heavy atom. The van der Waals surface area contributed by atoms with Gasteiger partial charge in [0.05, 0.1) is 5.56 Å². The van der Waals surface area contributed by atoms with Crippen molar-refractivity contribution in [2.75, 3.05) is 0 Å². The van der Waals surface area contributed by atoms with Crippen molar-refractivity contribution in [1.82, 2.24) is 0 Å². The highest BCUT2D eigenvalue weighted by atomic mass is 16.5. The van der Waals surface area contributed by atoms with E-state index in [1.807, 2.05) is 0 Å². The van der Waals surface area contributed by atoms with Gasteiger partial charge in [0.15, 0.2) is 0 Å². The summed E-state index contributed by atoms with van der Waals surface area (Å²) in [5.74, 6) is -0.207. The molecule has 1 N–H and O–H groups in total. The van der Waals surface area contributed by atoms with Crippen molar-refractivity contribution >= 4 is 5.97 Å². The van der Waals surface area contributed by atoms with Crippen LogP contribution in [0.4, 0.5) is 0 Å². The second-order valence-corrected chi connectivity index (χ2v) is 6.34. The number of phenolic OH excluding ortho intramolecular Hbond substituents is 1. The van der Waals surface area contributed by atoms with Crippen LogP contribution in [-0.2, 0) is 4.74 Å². The zero-order valence-corrected chi connectivity index (χ0v) is 13.4. The first-order valence-corrected chi connectivity index (χ1v) is 8.76. The van der Waals surface area contributed by atoms with Crippen LogP contribution in [0.25, 0.3) is 0 Å². The monoisotopic (exact) mass is 304 g/mol. The van der Waals surface area contributed by atoms with Gasteiger partial charge in [-0.25, -0.2) is 4.79 Å². The fourth-order valence-electron chi connectivity index (χ4n) is 3.10. The average molecular weight is 304 g/mol. The highest BCUT2D eigenvalue weighted by Gasteiger charge is 2.16. The van der Waals surface area contributed by atoms with Gasteiger partial charge in [-0.3, -0.25) is 0 Å². The number of hydrogen-bond acceptors (Lipinski definition) is 3. The highest BCUT2D eigenvalue weighted by Crippen LogP contribution is 2.20. The number of carbonyl (C=O) groups is 1. The summed E-state index contributed by atoms with van der Waals surface area (Å²) in [5.41, 5.74) is 0.436. The number of aromatic hydroxyl groups is 1. The van der Waals surface area contributed by atoms with Crippen molar-refractivity contribution in [2.45, 2.75) is 76.7 Å². The summed E-state index contributed by atoms with van der Waals surface area (Å²) in [4.78, 5) is 12.2. The van der Waals surface area contributed by atoms with Gasteiger partial charge in [-0.05, 0) is 43.9 Å². The third-order valence-corrected chi connectivity index (χ3v) is 4.41. The maximum Gasteiger partial charge on any atom is 0.338 e. The van der Waals surface area contributed by atoms with Crippen molar-refractivity contribution in [3.05, 3.63) is 29.8 Å². The number of rotatable bonds is 2. The summed E-state index contributed by atoms with van der Waals surface area (Å²) < 4.78 is 5.69. The van der Waals surface area contributed by atoms with Crippen LogP contribution in [0.5, 0.6) is 5.75 Å². The summed E-state index contributed by atoms with van der Waals surface area (Å²) in [7, 11) is 0.